The summed E-state index contributed by atoms with van der Waals surface area (Å²) in [5.74, 6) is 0. The van der Waals surface area contributed by atoms with Gasteiger partial charge in [0, 0.05) is 6.61 Å². The van der Waals surface area contributed by atoms with Crippen molar-refractivity contribution < 1.29 is 17.9 Å². The van der Waals surface area contributed by atoms with Crippen molar-refractivity contribution in [2.24, 2.45) is 0 Å². The van der Waals surface area contributed by atoms with Gasteiger partial charge in [0.2, 0.25) is 0 Å². The van der Waals surface area contributed by atoms with Gasteiger partial charge in [0.05, 0.1) is 0 Å². The van der Waals surface area contributed by atoms with Gasteiger partial charge in [-0.1, -0.05) is 39.0 Å². The molecule has 4 heteroatoms. The second kappa shape index (κ2) is 8.09. The van der Waals surface area contributed by atoms with Crippen molar-refractivity contribution in [2.45, 2.75) is 44.7 Å². The van der Waals surface area contributed by atoms with Crippen molar-refractivity contribution in [1.29, 1.82) is 0 Å². The zero-order valence-electron chi connectivity index (χ0n) is 8.41. The van der Waals surface area contributed by atoms with Gasteiger partial charge in [-0.3, -0.25) is 0 Å². The zero-order valence-corrected chi connectivity index (χ0v) is 8.41. The van der Waals surface area contributed by atoms with Crippen molar-refractivity contribution in [1.82, 2.24) is 0 Å². The van der Waals surface area contributed by atoms with E-state index in [1.807, 2.05) is 0 Å². The third-order valence-electron chi connectivity index (χ3n) is 1.80. The smallest absolute Gasteiger partial charge is 0.372 e. The number of halogens is 3. The highest BCUT2D eigenvalue weighted by atomic mass is 19.4. The number of unbranched alkanes of at least 4 members (excludes halogenated alkanes) is 5. The van der Waals surface area contributed by atoms with Crippen molar-refractivity contribution in [3.8, 4) is 0 Å². The van der Waals surface area contributed by atoms with Crippen LogP contribution in [0.25, 0.3) is 0 Å². The minimum Gasteiger partial charge on any atom is -0.372 e. The highest BCUT2D eigenvalue weighted by Crippen LogP contribution is 2.14. The van der Waals surface area contributed by atoms with E-state index in [0.29, 0.717) is 6.42 Å². The van der Waals surface area contributed by atoms with E-state index in [1.165, 1.54) is 0 Å². The van der Waals surface area contributed by atoms with Crippen LogP contribution in [0.15, 0.2) is 0 Å². The van der Waals surface area contributed by atoms with Crippen LogP contribution in [0.1, 0.15) is 38.5 Å². The molecule has 0 bridgehead atoms. The van der Waals surface area contributed by atoms with Crippen molar-refractivity contribution in [3.05, 3.63) is 6.92 Å². The summed E-state index contributed by atoms with van der Waals surface area (Å²) in [6.45, 7) is 2.80. The molecule has 0 aromatic heterocycles. The summed E-state index contributed by atoms with van der Waals surface area (Å²) in [4.78, 5) is 0. The van der Waals surface area contributed by atoms with Crippen LogP contribution < -0.4 is 0 Å². The number of alkyl halides is 3. The van der Waals surface area contributed by atoms with Crippen molar-refractivity contribution in [3.63, 3.8) is 0 Å². The molecule has 0 aliphatic carbocycles. The summed E-state index contributed by atoms with van der Waals surface area (Å²) in [6, 6.07) is 0. The first-order valence-electron chi connectivity index (χ1n) is 5.00. The average Bonchev–Trinajstić information content (AvgIpc) is 2.08. The molecular weight excluding hydrogens is 193 g/mol. The lowest BCUT2D eigenvalue weighted by molar-refractivity contribution is -0.174. The Morgan fingerprint density at radius 3 is 2.07 bits per heavy atom. The second-order valence-electron chi connectivity index (χ2n) is 3.29. The summed E-state index contributed by atoms with van der Waals surface area (Å²) in [5, 5.41) is 0. The Morgan fingerprint density at radius 1 is 0.929 bits per heavy atom. The predicted octanol–water partition coefficient (Wildman–Crippen LogP) is 3.74. The molecule has 14 heavy (non-hydrogen) atoms. The lowest BCUT2D eigenvalue weighted by Gasteiger charge is -2.07. The lowest BCUT2D eigenvalue weighted by Crippen LogP contribution is -2.17. The first-order chi connectivity index (χ1) is 6.56. The molecule has 0 rings (SSSR count). The van der Waals surface area contributed by atoms with Crippen LogP contribution in [0.2, 0.25) is 0 Å². The van der Waals surface area contributed by atoms with Gasteiger partial charge in [0.25, 0.3) is 0 Å². The number of ether oxygens (including phenoxy) is 1. The zero-order chi connectivity index (χ0) is 10.9. The fourth-order valence-electron chi connectivity index (χ4n) is 1.10. The molecule has 0 fully saturated rings. The van der Waals surface area contributed by atoms with Crippen LogP contribution >= 0.6 is 0 Å². The molecule has 0 aromatic carbocycles. The quantitative estimate of drug-likeness (QED) is 0.556. The maximum Gasteiger partial charge on any atom is 0.411 e. The predicted molar refractivity (Wildman–Crippen MR) is 49.9 cm³/mol. The summed E-state index contributed by atoms with van der Waals surface area (Å²) in [5.41, 5.74) is 0. The first-order valence-corrected chi connectivity index (χ1v) is 5.00. The summed E-state index contributed by atoms with van der Waals surface area (Å²) >= 11 is 0. The molecular formula is C10H18F3O. The van der Waals surface area contributed by atoms with E-state index >= 15 is 0 Å². The molecule has 0 spiro atoms. The average molecular weight is 211 g/mol. The second-order valence-corrected chi connectivity index (χ2v) is 3.29. The van der Waals surface area contributed by atoms with Gasteiger partial charge in [0.1, 0.15) is 6.61 Å². The third kappa shape index (κ3) is 11.8. The molecule has 0 unspecified atom stereocenters. The highest BCUT2D eigenvalue weighted by molar-refractivity contribution is 4.48. The minimum atomic E-state index is -4.19. The molecule has 0 aliphatic heterocycles. The largest absolute Gasteiger partial charge is 0.411 e. The van der Waals surface area contributed by atoms with E-state index in [2.05, 4.69) is 11.7 Å². The molecule has 0 aromatic rings. The molecule has 85 valence electrons. The summed E-state index contributed by atoms with van der Waals surface area (Å²) in [7, 11) is 0. The standard InChI is InChI=1S/C10H18F3O/c1-2-3-4-5-6-7-8-14-9-10(11,12)13/h1-9H2. The normalized spacial score (nSPS) is 12.0. The van der Waals surface area contributed by atoms with E-state index in [4.69, 9.17) is 0 Å². The molecule has 0 saturated heterocycles. The topological polar surface area (TPSA) is 9.23 Å². The van der Waals surface area contributed by atoms with E-state index in [0.717, 1.165) is 32.1 Å². The summed E-state index contributed by atoms with van der Waals surface area (Å²) < 4.78 is 39.3. The Morgan fingerprint density at radius 2 is 1.50 bits per heavy atom. The van der Waals surface area contributed by atoms with Gasteiger partial charge in [-0.15, -0.1) is 0 Å². The third-order valence-corrected chi connectivity index (χ3v) is 1.80. The SMILES string of the molecule is [CH2]CCCCCCCOCC(F)(F)F. The molecule has 0 atom stereocenters. The molecule has 0 saturated carbocycles. The van der Waals surface area contributed by atoms with E-state index in [-0.39, 0.29) is 6.61 Å². The summed E-state index contributed by atoms with van der Waals surface area (Å²) in [6.07, 6.45) is 1.68. The lowest BCUT2D eigenvalue weighted by atomic mass is 10.1. The Balaban J connectivity index is 2.99. The maximum atomic E-state index is 11.6. The van der Waals surface area contributed by atoms with Gasteiger partial charge in [0.15, 0.2) is 0 Å². The van der Waals surface area contributed by atoms with Crippen LogP contribution in [-0.2, 0) is 4.74 Å². The number of rotatable bonds is 8. The van der Waals surface area contributed by atoms with Crippen LogP contribution in [0, 0.1) is 6.92 Å². The molecule has 1 nitrogen and oxygen atoms in total. The first kappa shape index (κ1) is 13.8. The van der Waals surface area contributed by atoms with Gasteiger partial charge in [-0.25, -0.2) is 0 Å². The van der Waals surface area contributed by atoms with Gasteiger partial charge in [-0.2, -0.15) is 13.2 Å². The van der Waals surface area contributed by atoms with E-state index in [9.17, 15) is 13.2 Å². The highest BCUT2D eigenvalue weighted by Gasteiger charge is 2.26. The Kier molecular flexibility index (Phi) is 7.95. The fraction of sp³-hybridized carbons (Fsp3) is 0.900. The van der Waals surface area contributed by atoms with Crippen LogP contribution in [-0.4, -0.2) is 19.4 Å². The Hall–Kier alpha value is -0.250. The Bertz CT molecular complexity index is 123. The number of hydrogen-bond donors (Lipinski definition) is 0. The van der Waals surface area contributed by atoms with Gasteiger partial charge >= 0.3 is 6.18 Å². The molecule has 0 amide bonds. The monoisotopic (exact) mass is 211 g/mol. The van der Waals surface area contributed by atoms with E-state index in [1.54, 1.807) is 0 Å². The molecule has 0 aliphatic rings. The van der Waals surface area contributed by atoms with Gasteiger partial charge in [-0.05, 0) is 6.42 Å². The van der Waals surface area contributed by atoms with Crippen LogP contribution in [0.5, 0.6) is 0 Å². The van der Waals surface area contributed by atoms with E-state index < -0.39 is 12.8 Å². The minimum absolute atomic E-state index is 0.212. The van der Waals surface area contributed by atoms with Gasteiger partial charge < -0.3 is 4.74 Å². The Labute approximate surface area is 83.6 Å². The number of hydrogen-bond acceptors (Lipinski definition) is 1. The van der Waals surface area contributed by atoms with Crippen molar-refractivity contribution in [2.75, 3.05) is 13.2 Å². The molecule has 0 N–H and O–H groups in total. The molecule has 0 heterocycles. The fourth-order valence-corrected chi connectivity index (χ4v) is 1.10. The van der Waals surface area contributed by atoms with Crippen molar-refractivity contribution >= 4 is 0 Å². The van der Waals surface area contributed by atoms with Crippen LogP contribution in [0.4, 0.5) is 13.2 Å². The molecule has 1 radical (unpaired) electrons. The maximum absolute atomic E-state index is 11.6. The van der Waals surface area contributed by atoms with Crippen LogP contribution in [0.3, 0.4) is 0 Å².